The number of rotatable bonds is 6. The highest BCUT2D eigenvalue weighted by Gasteiger charge is 2.30. The van der Waals surface area contributed by atoms with Crippen molar-refractivity contribution in [3.63, 3.8) is 0 Å². The number of likely N-dealkylation sites (tertiary alicyclic amines) is 1. The first-order valence-corrected chi connectivity index (χ1v) is 11.1. The van der Waals surface area contributed by atoms with Crippen LogP contribution in [-0.2, 0) is 0 Å². The second-order valence-electron chi connectivity index (χ2n) is 8.26. The molecule has 1 saturated heterocycles. The van der Waals surface area contributed by atoms with Crippen LogP contribution in [0.1, 0.15) is 42.7 Å². The Hall–Kier alpha value is -3.38. The summed E-state index contributed by atoms with van der Waals surface area (Å²) in [6, 6.07) is 15.2. The number of para-hydroxylation sites is 1. The molecule has 0 aliphatic carbocycles. The molecular weight excluding hydrogens is 402 g/mol. The molecular formula is C26H27N3O3. The molecule has 0 spiro atoms. The maximum absolute atomic E-state index is 10.1. The van der Waals surface area contributed by atoms with Crippen LogP contribution in [0.25, 0.3) is 11.1 Å². The number of hydrogen-bond donors (Lipinski definition) is 1. The van der Waals surface area contributed by atoms with E-state index in [0.717, 1.165) is 47.7 Å². The number of hydrogen-bond acceptors (Lipinski definition) is 6. The summed E-state index contributed by atoms with van der Waals surface area (Å²) in [6.45, 7) is 5.90. The second-order valence-corrected chi connectivity index (χ2v) is 8.26. The van der Waals surface area contributed by atoms with Crippen LogP contribution in [0.3, 0.4) is 0 Å². The highest BCUT2D eigenvalue weighted by molar-refractivity contribution is 5.95. The standard InChI is InChI=1S/C26H27N3O3/c1-18-21-9-2-3-10-23(21)32-26(25(18)19-7-6-8-20(30)15-19)22-16-28-24(17-27-22)31-14-13-29-11-4-5-12-29/h2-3,6-10,15-17,26,30H,4-5,11-14H2,1H3. The molecule has 5 rings (SSSR count). The molecule has 1 unspecified atom stereocenters. The lowest BCUT2D eigenvalue weighted by Crippen LogP contribution is -2.25. The summed E-state index contributed by atoms with van der Waals surface area (Å²) in [6.07, 6.45) is 5.50. The van der Waals surface area contributed by atoms with Crippen molar-refractivity contribution in [1.82, 2.24) is 14.9 Å². The zero-order chi connectivity index (χ0) is 21.9. The first kappa shape index (κ1) is 20.5. The summed E-state index contributed by atoms with van der Waals surface area (Å²) in [5.74, 6) is 1.55. The highest BCUT2D eigenvalue weighted by Crippen LogP contribution is 2.46. The van der Waals surface area contributed by atoms with Crippen LogP contribution in [0.2, 0.25) is 0 Å². The van der Waals surface area contributed by atoms with E-state index in [2.05, 4.69) is 21.8 Å². The topological polar surface area (TPSA) is 67.7 Å². The van der Waals surface area contributed by atoms with Gasteiger partial charge in [0.2, 0.25) is 5.88 Å². The van der Waals surface area contributed by atoms with Gasteiger partial charge in [-0.05, 0) is 62.2 Å². The molecule has 1 atom stereocenters. The van der Waals surface area contributed by atoms with Crippen LogP contribution in [0.15, 0.2) is 60.9 Å². The summed E-state index contributed by atoms with van der Waals surface area (Å²) in [4.78, 5) is 11.5. The van der Waals surface area contributed by atoms with E-state index in [1.165, 1.54) is 12.8 Å². The summed E-state index contributed by atoms with van der Waals surface area (Å²) < 4.78 is 12.2. The number of allylic oxidation sites excluding steroid dienone is 1. The van der Waals surface area contributed by atoms with Crippen LogP contribution >= 0.6 is 0 Å². The van der Waals surface area contributed by atoms with Gasteiger partial charge in [0, 0.05) is 17.7 Å². The number of aromatic nitrogens is 2. The van der Waals surface area contributed by atoms with E-state index >= 15 is 0 Å². The fourth-order valence-electron chi connectivity index (χ4n) is 4.48. The second kappa shape index (κ2) is 9.01. The van der Waals surface area contributed by atoms with Crippen LogP contribution < -0.4 is 9.47 Å². The van der Waals surface area contributed by atoms with Crippen molar-refractivity contribution in [2.24, 2.45) is 0 Å². The zero-order valence-electron chi connectivity index (χ0n) is 18.2. The summed E-state index contributed by atoms with van der Waals surface area (Å²) in [5, 5.41) is 10.1. The minimum absolute atomic E-state index is 0.216. The average Bonchev–Trinajstić information content (AvgIpc) is 3.33. The Morgan fingerprint density at radius 1 is 1.06 bits per heavy atom. The predicted molar refractivity (Wildman–Crippen MR) is 124 cm³/mol. The molecule has 0 saturated carbocycles. The fourth-order valence-corrected chi connectivity index (χ4v) is 4.48. The van der Waals surface area contributed by atoms with Gasteiger partial charge in [-0.1, -0.05) is 30.3 Å². The van der Waals surface area contributed by atoms with Gasteiger partial charge in [0.25, 0.3) is 0 Å². The Morgan fingerprint density at radius 3 is 2.69 bits per heavy atom. The molecule has 0 radical (unpaired) electrons. The highest BCUT2D eigenvalue weighted by atomic mass is 16.5. The Morgan fingerprint density at radius 2 is 1.91 bits per heavy atom. The first-order valence-electron chi connectivity index (χ1n) is 11.1. The summed E-state index contributed by atoms with van der Waals surface area (Å²) >= 11 is 0. The van der Waals surface area contributed by atoms with E-state index in [4.69, 9.17) is 9.47 Å². The van der Waals surface area contributed by atoms with Gasteiger partial charge in [0.1, 0.15) is 23.8 Å². The molecule has 164 valence electrons. The fraction of sp³-hybridized carbons (Fsp3) is 0.308. The smallest absolute Gasteiger partial charge is 0.232 e. The Labute approximate surface area is 188 Å². The number of aromatic hydroxyl groups is 1. The van der Waals surface area contributed by atoms with E-state index in [-0.39, 0.29) is 5.75 Å². The monoisotopic (exact) mass is 429 g/mol. The number of phenols is 1. The molecule has 3 aromatic rings. The molecule has 0 amide bonds. The lowest BCUT2D eigenvalue weighted by molar-refractivity contribution is 0.229. The van der Waals surface area contributed by atoms with Crippen LogP contribution in [0.4, 0.5) is 0 Å². The van der Waals surface area contributed by atoms with Crippen molar-refractivity contribution in [1.29, 1.82) is 0 Å². The maximum atomic E-state index is 10.1. The van der Waals surface area contributed by atoms with Gasteiger partial charge in [-0.2, -0.15) is 0 Å². The van der Waals surface area contributed by atoms with Gasteiger partial charge < -0.3 is 14.6 Å². The number of fused-ring (bicyclic) bond motifs is 1. The lowest BCUT2D eigenvalue weighted by atomic mass is 9.88. The first-order chi connectivity index (χ1) is 15.7. The number of benzene rings is 2. The van der Waals surface area contributed by atoms with Crippen molar-refractivity contribution in [2.75, 3.05) is 26.2 Å². The number of nitrogens with zero attached hydrogens (tertiary/aromatic N) is 3. The molecule has 2 aromatic carbocycles. The third kappa shape index (κ3) is 4.18. The van der Waals surface area contributed by atoms with Crippen molar-refractivity contribution in [3.05, 3.63) is 77.7 Å². The van der Waals surface area contributed by atoms with E-state index in [1.54, 1.807) is 24.5 Å². The van der Waals surface area contributed by atoms with Gasteiger partial charge in [0.05, 0.1) is 12.4 Å². The lowest BCUT2D eigenvalue weighted by Gasteiger charge is -2.30. The summed E-state index contributed by atoms with van der Waals surface area (Å²) in [5.41, 5.74) is 4.70. The van der Waals surface area contributed by atoms with Crippen LogP contribution in [0.5, 0.6) is 17.4 Å². The molecule has 2 aliphatic heterocycles. The average molecular weight is 430 g/mol. The van der Waals surface area contributed by atoms with Crippen molar-refractivity contribution in [3.8, 4) is 17.4 Å². The van der Waals surface area contributed by atoms with Crippen LogP contribution in [-0.4, -0.2) is 46.2 Å². The minimum atomic E-state index is -0.433. The van der Waals surface area contributed by atoms with Crippen molar-refractivity contribution >= 4 is 11.1 Å². The number of ether oxygens (including phenoxy) is 2. The van der Waals surface area contributed by atoms with E-state index < -0.39 is 6.10 Å². The van der Waals surface area contributed by atoms with Crippen molar-refractivity contribution in [2.45, 2.75) is 25.9 Å². The molecule has 6 nitrogen and oxygen atoms in total. The third-order valence-electron chi connectivity index (χ3n) is 6.13. The molecule has 2 aliphatic rings. The largest absolute Gasteiger partial charge is 0.508 e. The molecule has 1 N–H and O–H groups in total. The Balaban J connectivity index is 1.41. The Kier molecular flexibility index (Phi) is 5.77. The van der Waals surface area contributed by atoms with Gasteiger partial charge in [-0.15, -0.1) is 0 Å². The third-order valence-corrected chi connectivity index (χ3v) is 6.13. The van der Waals surface area contributed by atoms with E-state index in [0.29, 0.717) is 18.2 Å². The molecule has 3 heterocycles. The maximum Gasteiger partial charge on any atom is 0.232 e. The molecule has 0 bridgehead atoms. The van der Waals surface area contributed by atoms with Gasteiger partial charge >= 0.3 is 0 Å². The van der Waals surface area contributed by atoms with Gasteiger partial charge in [0.15, 0.2) is 6.10 Å². The van der Waals surface area contributed by atoms with Crippen molar-refractivity contribution < 1.29 is 14.6 Å². The van der Waals surface area contributed by atoms with Gasteiger partial charge in [-0.3, -0.25) is 4.90 Å². The zero-order valence-corrected chi connectivity index (χ0v) is 18.2. The quantitative estimate of drug-likeness (QED) is 0.612. The molecule has 6 heteroatoms. The van der Waals surface area contributed by atoms with E-state index in [9.17, 15) is 5.11 Å². The molecule has 32 heavy (non-hydrogen) atoms. The number of phenolic OH excluding ortho intramolecular Hbond substituents is 1. The van der Waals surface area contributed by atoms with Crippen LogP contribution in [0, 0.1) is 0 Å². The Bertz CT molecular complexity index is 1120. The molecule has 1 fully saturated rings. The molecule has 1 aromatic heterocycles. The predicted octanol–water partition coefficient (Wildman–Crippen LogP) is 4.72. The van der Waals surface area contributed by atoms with Gasteiger partial charge in [-0.25, -0.2) is 9.97 Å². The summed E-state index contributed by atoms with van der Waals surface area (Å²) in [7, 11) is 0. The SMILES string of the molecule is CC1=C(c2cccc(O)c2)C(c2cnc(OCCN3CCCC3)cn2)Oc2ccccc21. The normalized spacial score (nSPS) is 18.3. The van der Waals surface area contributed by atoms with E-state index in [1.807, 2.05) is 36.4 Å². The minimum Gasteiger partial charge on any atom is -0.508 e.